The van der Waals surface area contributed by atoms with Gasteiger partial charge in [0.1, 0.15) is 5.82 Å². The molecule has 0 aliphatic heterocycles. The molecule has 1 aromatic carbocycles. The van der Waals surface area contributed by atoms with Crippen LogP contribution in [-0.2, 0) is 0 Å². The first-order valence-corrected chi connectivity index (χ1v) is 7.79. The van der Waals surface area contributed by atoms with Crippen molar-refractivity contribution >= 4 is 33.9 Å². The molecule has 3 rings (SSSR count). The van der Waals surface area contributed by atoms with E-state index >= 15 is 0 Å². The SMILES string of the molecule is Cc1ccc(-c2csc(Nc3ccc(Cl)cn3)n2)cc1C. The van der Waals surface area contributed by atoms with E-state index in [2.05, 4.69) is 47.3 Å². The molecule has 0 radical (unpaired) electrons. The minimum atomic E-state index is 0.621. The number of rotatable bonds is 3. The van der Waals surface area contributed by atoms with Crippen molar-refractivity contribution in [3.8, 4) is 11.3 Å². The van der Waals surface area contributed by atoms with Crippen molar-refractivity contribution in [3.63, 3.8) is 0 Å². The molecular weight excluding hydrogens is 302 g/mol. The van der Waals surface area contributed by atoms with Gasteiger partial charge < -0.3 is 5.32 Å². The quantitative estimate of drug-likeness (QED) is 0.720. The minimum Gasteiger partial charge on any atom is -0.316 e. The van der Waals surface area contributed by atoms with Crippen LogP contribution >= 0.6 is 22.9 Å². The Bertz CT molecular complexity index is 765. The van der Waals surface area contributed by atoms with Crippen molar-refractivity contribution < 1.29 is 0 Å². The van der Waals surface area contributed by atoms with Crippen LogP contribution in [0, 0.1) is 13.8 Å². The molecular formula is C16H14ClN3S. The van der Waals surface area contributed by atoms with Crippen LogP contribution in [0.1, 0.15) is 11.1 Å². The van der Waals surface area contributed by atoms with Crippen LogP contribution in [0.15, 0.2) is 41.9 Å². The van der Waals surface area contributed by atoms with Gasteiger partial charge in [-0.15, -0.1) is 11.3 Å². The number of nitrogens with zero attached hydrogens (tertiary/aromatic N) is 2. The number of pyridine rings is 1. The lowest BCUT2D eigenvalue weighted by molar-refractivity contribution is 1.28. The van der Waals surface area contributed by atoms with Crippen LogP contribution in [-0.4, -0.2) is 9.97 Å². The predicted octanol–water partition coefficient (Wildman–Crippen LogP) is 5.22. The van der Waals surface area contributed by atoms with Crippen molar-refractivity contribution in [2.24, 2.45) is 0 Å². The van der Waals surface area contributed by atoms with E-state index in [1.807, 2.05) is 11.4 Å². The summed E-state index contributed by atoms with van der Waals surface area (Å²) in [6.45, 7) is 4.22. The molecule has 0 bridgehead atoms. The molecule has 0 saturated heterocycles. The van der Waals surface area contributed by atoms with E-state index in [-0.39, 0.29) is 0 Å². The molecule has 21 heavy (non-hydrogen) atoms. The zero-order chi connectivity index (χ0) is 14.8. The smallest absolute Gasteiger partial charge is 0.188 e. The summed E-state index contributed by atoms with van der Waals surface area (Å²) >= 11 is 7.38. The van der Waals surface area contributed by atoms with Gasteiger partial charge in [0.15, 0.2) is 5.13 Å². The Kier molecular flexibility index (Phi) is 3.90. The molecule has 0 saturated carbocycles. The van der Waals surface area contributed by atoms with Crippen molar-refractivity contribution in [2.45, 2.75) is 13.8 Å². The molecule has 1 N–H and O–H groups in total. The number of benzene rings is 1. The largest absolute Gasteiger partial charge is 0.316 e. The van der Waals surface area contributed by atoms with Gasteiger partial charge in [-0.25, -0.2) is 9.97 Å². The van der Waals surface area contributed by atoms with E-state index in [0.717, 1.165) is 22.2 Å². The summed E-state index contributed by atoms with van der Waals surface area (Å²) < 4.78 is 0. The molecule has 0 atom stereocenters. The number of hydrogen-bond acceptors (Lipinski definition) is 4. The van der Waals surface area contributed by atoms with E-state index in [1.54, 1.807) is 23.6 Å². The highest BCUT2D eigenvalue weighted by Crippen LogP contribution is 2.28. The minimum absolute atomic E-state index is 0.621. The van der Waals surface area contributed by atoms with Gasteiger partial charge in [0.25, 0.3) is 0 Å². The molecule has 0 aliphatic carbocycles. The number of hydrogen-bond donors (Lipinski definition) is 1. The van der Waals surface area contributed by atoms with E-state index < -0.39 is 0 Å². The van der Waals surface area contributed by atoms with E-state index in [0.29, 0.717) is 5.02 Å². The van der Waals surface area contributed by atoms with Gasteiger partial charge in [-0.2, -0.15) is 0 Å². The summed E-state index contributed by atoms with van der Waals surface area (Å²) in [5.41, 5.74) is 4.66. The Morgan fingerprint density at radius 2 is 1.95 bits per heavy atom. The third-order valence-corrected chi connectivity index (χ3v) is 4.25. The van der Waals surface area contributed by atoms with Crippen LogP contribution in [0.25, 0.3) is 11.3 Å². The standard InChI is InChI=1S/C16H14ClN3S/c1-10-3-4-12(7-11(10)2)14-9-21-16(19-14)20-15-6-5-13(17)8-18-15/h3-9H,1-2H3,(H,18,19,20). The number of anilines is 2. The van der Waals surface area contributed by atoms with Crippen LogP contribution in [0.5, 0.6) is 0 Å². The molecule has 0 spiro atoms. The maximum atomic E-state index is 5.82. The molecule has 3 nitrogen and oxygen atoms in total. The highest BCUT2D eigenvalue weighted by atomic mass is 35.5. The van der Waals surface area contributed by atoms with Crippen molar-refractivity contribution in [3.05, 3.63) is 58.1 Å². The molecule has 3 aromatic rings. The Morgan fingerprint density at radius 3 is 2.67 bits per heavy atom. The third kappa shape index (κ3) is 3.23. The van der Waals surface area contributed by atoms with E-state index in [4.69, 9.17) is 11.6 Å². The average molecular weight is 316 g/mol. The number of aryl methyl sites for hydroxylation is 2. The molecule has 106 valence electrons. The number of thiazole rings is 1. The fraction of sp³-hybridized carbons (Fsp3) is 0.125. The van der Waals surface area contributed by atoms with Crippen LogP contribution < -0.4 is 5.32 Å². The van der Waals surface area contributed by atoms with Crippen LogP contribution in [0.3, 0.4) is 0 Å². The van der Waals surface area contributed by atoms with Gasteiger partial charge in [-0.05, 0) is 43.2 Å². The van der Waals surface area contributed by atoms with E-state index in [9.17, 15) is 0 Å². The Hall–Kier alpha value is -1.91. The predicted molar refractivity (Wildman–Crippen MR) is 89.6 cm³/mol. The molecule has 0 fully saturated rings. The fourth-order valence-electron chi connectivity index (χ4n) is 1.92. The maximum absolute atomic E-state index is 5.82. The van der Waals surface area contributed by atoms with Crippen molar-refractivity contribution in [2.75, 3.05) is 5.32 Å². The fourth-order valence-corrected chi connectivity index (χ4v) is 2.76. The first-order chi connectivity index (χ1) is 10.1. The molecule has 2 aromatic heterocycles. The van der Waals surface area contributed by atoms with Gasteiger partial charge in [0.2, 0.25) is 0 Å². The lowest BCUT2D eigenvalue weighted by Gasteiger charge is -2.03. The highest BCUT2D eigenvalue weighted by molar-refractivity contribution is 7.14. The summed E-state index contributed by atoms with van der Waals surface area (Å²) in [5, 5.41) is 6.67. The summed E-state index contributed by atoms with van der Waals surface area (Å²) in [6, 6.07) is 10.0. The van der Waals surface area contributed by atoms with Gasteiger partial charge >= 0.3 is 0 Å². The number of halogens is 1. The van der Waals surface area contributed by atoms with Crippen LogP contribution in [0.2, 0.25) is 5.02 Å². The van der Waals surface area contributed by atoms with Gasteiger partial charge in [0, 0.05) is 17.1 Å². The monoisotopic (exact) mass is 315 g/mol. The van der Waals surface area contributed by atoms with Gasteiger partial charge in [-0.3, -0.25) is 0 Å². The van der Waals surface area contributed by atoms with Crippen LogP contribution in [0.4, 0.5) is 10.9 Å². The van der Waals surface area contributed by atoms with Crippen molar-refractivity contribution in [1.29, 1.82) is 0 Å². The number of aromatic nitrogens is 2. The Labute approximate surface area is 132 Å². The Balaban J connectivity index is 1.82. The molecule has 0 unspecified atom stereocenters. The topological polar surface area (TPSA) is 37.8 Å². The summed E-state index contributed by atoms with van der Waals surface area (Å²) in [4.78, 5) is 8.81. The zero-order valence-corrected chi connectivity index (χ0v) is 13.3. The number of nitrogens with one attached hydrogen (secondary N) is 1. The molecule has 2 heterocycles. The third-order valence-electron chi connectivity index (χ3n) is 3.27. The molecule has 0 aliphatic rings. The normalized spacial score (nSPS) is 10.6. The second kappa shape index (κ2) is 5.84. The summed E-state index contributed by atoms with van der Waals surface area (Å²) in [6.07, 6.45) is 1.61. The highest BCUT2D eigenvalue weighted by Gasteiger charge is 2.06. The van der Waals surface area contributed by atoms with Crippen molar-refractivity contribution in [1.82, 2.24) is 9.97 Å². The maximum Gasteiger partial charge on any atom is 0.188 e. The lowest BCUT2D eigenvalue weighted by atomic mass is 10.1. The van der Waals surface area contributed by atoms with Gasteiger partial charge in [-0.1, -0.05) is 23.7 Å². The second-order valence-electron chi connectivity index (χ2n) is 4.82. The first-order valence-electron chi connectivity index (χ1n) is 6.53. The molecule has 0 amide bonds. The second-order valence-corrected chi connectivity index (χ2v) is 6.12. The summed E-state index contributed by atoms with van der Waals surface area (Å²) in [7, 11) is 0. The van der Waals surface area contributed by atoms with Gasteiger partial charge in [0.05, 0.1) is 10.7 Å². The zero-order valence-electron chi connectivity index (χ0n) is 11.7. The lowest BCUT2D eigenvalue weighted by Crippen LogP contribution is -1.92. The first kappa shape index (κ1) is 14.0. The van der Waals surface area contributed by atoms with E-state index in [1.165, 1.54) is 11.1 Å². The Morgan fingerprint density at radius 1 is 1.10 bits per heavy atom. The molecule has 5 heteroatoms. The summed E-state index contributed by atoms with van der Waals surface area (Å²) in [5.74, 6) is 0.736. The average Bonchev–Trinajstić information content (AvgIpc) is 2.93.